The van der Waals surface area contributed by atoms with Crippen molar-refractivity contribution in [2.75, 3.05) is 26.2 Å². The molecule has 2 saturated heterocycles. The van der Waals surface area contributed by atoms with Crippen molar-refractivity contribution in [3.05, 3.63) is 52.8 Å². The van der Waals surface area contributed by atoms with Crippen LogP contribution in [-0.4, -0.2) is 51.7 Å². The van der Waals surface area contributed by atoms with Crippen LogP contribution in [-0.2, 0) is 11.5 Å². The molecule has 2 fully saturated rings. The Labute approximate surface area is 159 Å². The summed E-state index contributed by atoms with van der Waals surface area (Å²) in [5.74, 6) is 0.466. The lowest BCUT2D eigenvalue weighted by Gasteiger charge is -2.33. The highest BCUT2D eigenvalue weighted by atomic mass is 16.2. The standard InChI is InChI=1S/C21H26N4O2/c26-20-9-8-19(17-6-2-1-3-7-17)22-25(20)16-23-14-10-18(11-15-23)21(27)24-12-4-5-13-24/h1-3,6-9,18H,4-5,10-16H2. The molecule has 2 aromatic rings. The van der Waals surface area contributed by atoms with Gasteiger partial charge in [0.25, 0.3) is 5.56 Å². The third-order valence-electron chi connectivity index (χ3n) is 5.62. The molecule has 6 nitrogen and oxygen atoms in total. The molecular formula is C21H26N4O2. The van der Waals surface area contributed by atoms with Gasteiger partial charge in [0.15, 0.2) is 0 Å². The van der Waals surface area contributed by atoms with E-state index >= 15 is 0 Å². The number of aromatic nitrogens is 2. The molecule has 1 aromatic carbocycles. The second-order valence-corrected chi connectivity index (χ2v) is 7.49. The van der Waals surface area contributed by atoms with E-state index in [0.29, 0.717) is 12.6 Å². The number of likely N-dealkylation sites (tertiary alicyclic amines) is 2. The first-order valence-corrected chi connectivity index (χ1v) is 9.85. The van der Waals surface area contributed by atoms with Crippen molar-refractivity contribution in [3.8, 4) is 11.3 Å². The van der Waals surface area contributed by atoms with Crippen molar-refractivity contribution >= 4 is 5.91 Å². The quantitative estimate of drug-likeness (QED) is 0.832. The molecule has 1 amide bonds. The van der Waals surface area contributed by atoms with Gasteiger partial charge in [-0.2, -0.15) is 5.10 Å². The maximum Gasteiger partial charge on any atom is 0.268 e. The summed E-state index contributed by atoms with van der Waals surface area (Å²) in [4.78, 5) is 29.0. The van der Waals surface area contributed by atoms with Crippen LogP contribution in [0.1, 0.15) is 25.7 Å². The first-order valence-electron chi connectivity index (χ1n) is 9.85. The summed E-state index contributed by atoms with van der Waals surface area (Å²) in [5, 5.41) is 4.54. The summed E-state index contributed by atoms with van der Waals surface area (Å²) in [6.07, 6.45) is 4.00. The van der Waals surface area contributed by atoms with E-state index in [0.717, 1.165) is 63.1 Å². The molecule has 0 bridgehead atoms. The van der Waals surface area contributed by atoms with Gasteiger partial charge in [-0.3, -0.25) is 14.5 Å². The molecule has 2 aliphatic rings. The topological polar surface area (TPSA) is 58.4 Å². The zero-order valence-corrected chi connectivity index (χ0v) is 15.6. The molecule has 2 aliphatic heterocycles. The predicted molar refractivity (Wildman–Crippen MR) is 104 cm³/mol. The molecular weight excluding hydrogens is 340 g/mol. The number of carbonyl (C=O) groups is 1. The van der Waals surface area contributed by atoms with Gasteiger partial charge in [-0.05, 0) is 31.7 Å². The third kappa shape index (κ3) is 4.11. The van der Waals surface area contributed by atoms with Gasteiger partial charge in [0, 0.05) is 43.7 Å². The third-order valence-corrected chi connectivity index (χ3v) is 5.62. The van der Waals surface area contributed by atoms with E-state index in [-0.39, 0.29) is 11.5 Å². The van der Waals surface area contributed by atoms with Gasteiger partial charge < -0.3 is 4.90 Å². The zero-order valence-electron chi connectivity index (χ0n) is 15.6. The van der Waals surface area contributed by atoms with Crippen LogP contribution in [0.15, 0.2) is 47.3 Å². The fraction of sp³-hybridized carbons (Fsp3) is 0.476. The maximum atomic E-state index is 12.6. The fourth-order valence-electron chi connectivity index (χ4n) is 4.02. The maximum absolute atomic E-state index is 12.6. The monoisotopic (exact) mass is 366 g/mol. The molecule has 0 atom stereocenters. The molecule has 142 valence electrons. The Morgan fingerprint density at radius 2 is 1.67 bits per heavy atom. The largest absolute Gasteiger partial charge is 0.342 e. The van der Waals surface area contributed by atoms with Crippen molar-refractivity contribution in [2.45, 2.75) is 32.4 Å². The molecule has 0 radical (unpaired) electrons. The fourth-order valence-corrected chi connectivity index (χ4v) is 4.02. The summed E-state index contributed by atoms with van der Waals surface area (Å²) in [6.45, 7) is 3.97. The number of piperidine rings is 1. The smallest absolute Gasteiger partial charge is 0.268 e. The molecule has 3 heterocycles. The highest BCUT2D eigenvalue weighted by Gasteiger charge is 2.29. The van der Waals surface area contributed by atoms with Gasteiger partial charge in [-0.1, -0.05) is 30.3 Å². The number of rotatable bonds is 4. The van der Waals surface area contributed by atoms with Crippen LogP contribution in [0.3, 0.4) is 0 Å². The first-order chi connectivity index (χ1) is 13.2. The minimum Gasteiger partial charge on any atom is -0.342 e. The number of carbonyl (C=O) groups excluding carboxylic acids is 1. The van der Waals surface area contributed by atoms with Crippen LogP contribution >= 0.6 is 0 Å². The highest BCUT2D eigenvalue weighted by Crippen LogP contribution is 2.22. The van der Waals surface area contributed by atoms with E-state index in [4.69, 9.17) is 0 Å². The van der Waals surface area contributed by atoms with Crippen LogP contribution in [0.2, 0.25) is 0 Å². The Morgan fingerprint density at radius 1 is 0.963 bits per heavy atom. The first kappa shape index (κ1) is 17.9. The van der Waals surface area contributed by atoms with E-state index in [1.54, 1.807) is 12.1 Å². The summed E-state index contributed by atoms with van der Waals surface area (Å²) < 4.78 is 1.53. The van der Waals surface area contributed by atoms with Crippen LogP contribution in [0.4, 0.5) is 0 Å². The van der Waals surface area contributed by atoms with Gasteiger partial charge in [-0.25, -0.2) is 4.68 Å². The minimum absolute atomic E-state index is 0.0926. The molecule has 4 rings (SSSR count). The van der Waals surface area contributed by atoms with Crippen molar-refractivity contribution in [1.29, 1.82) is 0 Å². The molecule has 0 unspecified atom stereocenters. The van der Waals surface area contributed by atoms with Crippen LogP contribution in [0.5, 0.6) is 0 Å². The van der Waals surface area contributed by atoms with Crippen molar-refractivity contribution in [3.63, 3.8) is 0 Å². The Hall–Kier alpha value is -2.47. The Balaban J connectivity index is 1.39. The van der Waals surface area contributed by atoms with Gasteiger partial charge in [-0.15, -0.1) is 0 Å². The number of amides is 1. The molecule has 0 saturated carbocycles. The molecule has 1 aromatic heterocycles. The van der Waals surface area contributed by atoms with E-state index < -0.39 is 0 Å². The van der Waals surface area contributed by atoms with E-state index in [2.05, 4.69) is 10.00 Å². The van der Waals surface area contributed by atoms with E-state index in [1.165, 1.54) is 4.68 Å². The highest BCUT2D eigenvalue weighted by molar-refractivity contribution is 5.79. The average molecular weight is 366 g/mol. The summed E-state index contributed by atoms with van der Waals surface area (Å²) in [5.41, 5.74) is 1.71. The Morgan fingerprint density at radius 3 is 2.37 bits per heavy atom. The number of nitrogens with zero attached hydrogens (tertiary/aromatic N) is 4. The van der Waals surface area contributed by atoms with Gasteiger partial charge >= 0.3 is 0 Å². The summed E-state index contributed by atoms with van der Waals surface area (Å²) in [7, 11) is 0. The van der Waals surface area contributed by atoms with Crippen LogP contribution < -0.4 is 5.56 Å². The second kappa shape index (κ2) is 8.05. The Kier molecular flexibility index (Phi) is 5.34. The number of hydrogen-bond donors (Lipinski definition) is 0. The Bertz CT molecular complexity index is 835. The van der Waals surface area contributed by atoms with Gasteiger partial charge in [0.2, 0.25) is 5.91 Å². The van der Waals surface area contributed by atoms with Crippen molar-refractivity contribution in [2.24, 2.45) is 5.92 Å². The van der Waals surface area contributed by atoms with Gasteiger partial charge in [0.1, 0.15) is 0 Å². The lowest BCUT2D eigenvalue weighted by Crippen LogP contribution is -2.43. The zero-order chi connectivity index (χ0) is 18.6. The molecule has 27 heavy (non-hydrogen) atoms. The van der Waals surface area contributed by atoms with E-state index in [9.17, 15) is 9.59 Å². The lowest BCUT2D eigenvalue weighted by molar-refractivity contribution is -0.136. The second-order valence-electron chi connectivity index (χ2n) is 7.49. The molecule has 0 aliphatic carbocycles. The normalized spacial score (nSPS) is 18.7. The average Bonchev–Trinajstić information content (AvgIpc) is 3.25. The number of hydrogen-bond acceptors (Lipinski definition) is 4. The minimum atomic E-state index is -0.0926. The molecule has 0 spiro atoms. The van der Waals surface area contributed by atoms with Crippen LogP contribution in [0.25, 0.3) is 11.3 Å². The summed E-state index contributed by atoms with van der Waals surface area (Å²) in [6, 6.07) is 13.2. The summed E-state index contributed by atoms with van der Waals surface area (Å²) >= 11 is 0. The SMILES string of the molecule is O=C(C1CCN(Cn2nc(-c3ccccc3)ccc2=O)CC1)N1CCCC1. The molecule has 0 N–H and O–H groups in total. The number of benzene rings is 1. The molecule has 6 heteroatoms. The van der Waals surface area contributed by atoms with Crippen LogP contribution in [0, 0.1) is 5.92 Å². The van der Waals surface area contributed by atoms with Crippen molar-refractivity contribution < 1.29 is 4.79 Å². The lowest BCUT2D eigenvalue weighted by atomic mass is 9.95. The van der Waals surface area contributed by atoms with E-state index in [1.807, 2.05) is 35.2 Å². The predicted octanol–water partition coefficient (Wildman–Crippen LogP) is 2.20. The van der Waals surface area contributed by atoms with Gasteiger partial charge in [0.05, 0.1) is 12.4 Å². The van der Waals surface area contributed by atoms with Crippen molar-refractivity contribution in [1.82, 2.24) is 19.6 Å².